The molecule has 3 heterocycles. The second-order valence-electron chi connectivity index (χ2n) is 21.7. The van der Waals surface area contributed by atoms with E-state index in [0.29, 0.717) is 38.5 Å². The molecule has 66 heavy (non-hydrogen) atoms. The first kappa shape index (κ1) is 52.5. The Balaban J connectivity index is 1.17. The average Bonchev–Trinajstić information content (AvgIpc) is 3.58. The molecule has 3 saturated carbocycles. The first-order chi connectivity index (χ1) is 30.5. The van der Waals surface area contributed by atoms with E-state index in [4.69, 9.17) is 32.6 Å². The SMILES string of the molecule is CC(C)CC(=O)C[C@](C)(O)[C@H]1CC[C@H]2[C@@H]3C[C@H](O[C@@H]4O[C@@H](C)C(O)(O)[C@H](O[C@@H]5O[C@@H](C)[C@H](O)[C@@H](O)[C@@H]5O[C@H]5O[C@H](C)[C@@H](O)[C@H](O)[C@H]5O)[C@H]4O)[C@H]4C[C@@H](OS(=O)(=O)O)CC[C@]4(C)C3=CC[C@@]21C. The number of rotatable bonds is 13. The van der Waals surface area contributed by atoms with Crippen LogP contribution in [0.15, 0.2) is 11.6 Å². The summed E-state index contributed by atoms with van der Waals surface area (Å²) in [6, 6.07) is 0. The van der Waals surface area contributed by atoms with Gasteiger partial charge in [0.25, 0.3) is 0 Å². The van der Waals surface area contributed by atoms with E-state index in [1.165, 1.54) is 26.3 Å². The van der Waals surface area contributed by atoms with Crippen LogP contribution in [0, 0.1) is 40.4 Å². The van der Waals surface area contributed by atoms with Gasteiger partial charge in [-0.1, -0.05) is 39.3 Å². The molecule has 23 atom stereocenters. The topological polar surface area (TPSA) is 318 Å². The summed E-state index contributed by atoms with van der Waals surface area (Å²) in [5, 5.41) is 101. The van der Waals surface area contributed by atoms with Crippen LogP contribution in [0.4, 0.5) is 0 Å². The first-order valence-electron chi connectivity index (χ1n) is 23.6. The number of hydrogen-bond donors (Lipinski definition) is 10. The number of ketones is 1. The van der Waals surface area contributed by atoms with Gasteiger partial charge in [-0.15, -0.1) is 0 Å². The number of ether oxygens (including phenoxy) is 6. The van der Waals surface area contributed by atoms with Gasteiger partial charge in [-0.25, -0.2) is 4.18 Å². The molecule has 3 aliphatic heterocycles. The Morgan fingerprint density at radius 1 is 0.818 bits per heavy atom. The van der Waals surface area contributed by atoms with Crippen LogP contribution in [0.5, 0.6) is 0 Å². The van der Waals surface area contributed by atoms with Crippen molar-refractivity contribution in [3.05, 3.63) is 11.6 Å². The molecule has 7 rings (SSSR count). The lowest BCUT2D eigenvalue weighted by Gasteiger charge is -2.60. The fourth-order valence-electron chi connectivity index (χ4n) is 13.1. The molecule has 0 aromatic heterocycles. The summed E-state index contributed by atoms with van der Waals surface area (Å²) in [6.45, 7) is 14.1. The molecule has 0 aromatic carbocycles. The Labute approximate surface area is 386 Å². The van der Waals surface area contributed by atoms with Crippen LogP contribution in [-0.2, 0) is 47.8 Å². The zero-order valence-electron chi connectivity index (χ0n) is 39.0. The van der Waals surface area contributed by atoms with Crippen molar-refractivity contribution in [1.82, 2.24) is 0 Å². The first-order valence-corrected chi connectivity index (χ1v) is 24.9. The molecule has 0 amide bonds. The minimum atomic E-state index is -4.83. The van der Waals surface area contributed by atoms with Crippen LogP contribution in [0.2, 0.25) is 0 Å². The maximum atomic E-state index is 13.1. The smallest absolute Gasteiger partial charge is 0.389 e. The number of allylic oxidation sites excluding steroid dienone is 2. The van der Waals surface area contributed by atoms with E-state index in [9.17, 15) is 63.7 Å². The Bertz CT molecular complexity index is 1880. The monoisotopic (exact) mass is 966 g/mol. The third-order valence-electron chi connectivity index (χ3n) is 16.6. The van der Waals surface area contributed by atoms with Crippen molar-refractivity contribution in [2.75, 3.05) is 0 Å². The molecule has 6 fully saturated rings. The highest BCUT2D eigenvalue weighted by atomic mass is 32.3. The molecule has 21 heteroatoms. The highest BCUT2D eigenvalue weighted by molar-refractivity contribution is 7.80. The van der Waals surface area contributed by atoms with Crippen molar-refractivity contribution >= 4 is 16.2 Å². The zero-order chi connectivity index (χ0) is 48.8. The third-order valence-corrected chi connectivity index (χ3v) is 17.1. The van der Waals surface area contributed by atoms with Crippen LogP contribution < -0.4 is 0 Å². The molecule has 0 unspecified atom stereocenters. The maximum Gasteiger partial charge on any atom is 0.397 e. The number of Topliss-reactive ketones (excluding diaryl/α,β-unsaturated/α-hetero) is 1. The van der Waals surface area contributed by atoms with Crippen molar-refractivity contribution in [3.8, 4) is 0 Å². The lowest BCUT2D eigenvalue weighted by atomic mass is 9.47. The van der Waals surface area contributed by atoms with Gasteiger partial charge in [0.15, 0.2) is 18.9 Å². The third kappa shape index (κ3) is 9.84. The quantitative estimate of drug-likeness (QED) is 0.0677. The number of aliphatic hydroxyl groups is 9. The number of carbonyl (C=O) groups is 1. The number of hydrogen-bond acceptors (Lipinski definition) is 19. The Morgan fingerprint density at radius 3 is 2.08 bits per heavy atom. The average molecular weight is 967 g/mol. The predicted molar refractivity (Wildman–Crippen MR) is 228 cm³/mol. The van der Waals surface area contributed by atoms with Crippen LogP contribution in [-0.4, -0.2) is 174 Å². The van der Waals surface area contributed by atoms with E-state index < -0.39 is 137 Å². The fourth-order valence-corrected chi connectivity index (χ4v) is 13.7. The summed E-state index contributed by atoms with van der Waals surface area (Å²) in [4.78, 5) is 13.1. The van der Waals surface area contributed by atoms with Gasteiger partial charge in [0.1, 0.15) is 60.7 Å². The molecular weight excluding hydrogens is 893 g/mol. The van der Waals surface area contributed by atoms with E-state index in [0.717, 1.165) is 6.42 Å². The minimum Gasteiger partial charge on any atom is -0.389 e. The second-order valence-corrected chi connectivity index (χ2v) is 22.7. The van der Waals surface area contributed by atoms with Gasteiger partial charge in [-0.3, -0.25) is 9.35 Å². The molecule has 3 saturated heterocycles. The van der Waals surface area contributed by atoms with Crippen molar-refractivity contribution < 1.29 is 96.3 Å². The lowest BCUT2D eigenvalue weighted by Crippen LogP contribution is -2.70. The summed E-state index contributed by atoms with van der Waals surface area (Å²) >= 11 is 0. The molecule has 4 aliphatic carbocycles. The van der Waals surface area contributed by atoms with Crippen LogP contribution in [0.25, 0.3) is 0 Å². The molecule has 10 N–H and O–H groups in total. The summed E-state index contributed by atoms with van der Waals surface area (Å²) in [7, 11) is -4.83. The van der Waals surface area contributed by atoms with Gasteiger partial charge in [-0.2, -0.15) is 8.42 Å². The van der Waals surface area contributed by atoms with Crippen molar-refractivity contribution in [1.29, 1.82) is 0 Å². The molecule has 20 nitrogen and oxygen atoms in total. The maximum absolute atomic E-state index is 13.1. The van der Waals surface area contributed by atoms with Gasteiger partial charge in [0.05, 0.1) is 30.0 Å². The summed E-state index contributed by atoms with van der Waals surface area (Å²) in [5.41, 5.74) is -1.13. The lowest BCUT2D eigenvalue weighted by molar-refractivity contribution is -0.426. The van der Waals surface area contributed by atoms with E-state index in [1.807, 2.05) is 13.8 Å². The number of aliphatic hydroxyl groups excluding tert-OH is 6. The largest absolute Gasteiger partial charge is 0.397 e. The summed E-state index contributed by atoms with van der Waals surface area (Å²) in [6.07, 6.45) is -18.9. The molecular formula is C45H74O20S. The normalized spacial score (nSPS) is 49.3. The molecule has 7 aliphatic rings. The van der Waals surface area contributed by atoms with Crippen molar-refractivity contribution in [3.63, 3.8) is 0 Å². The number of carbonyl (C=O) groups excluding carboxylic acids is 1. The van der Waals surface area contributed by atoms with E-state index in [2.05, 4.69) is 19.9 Å². The van der Waals surface area contributed by atoms with Crippen molar-refractivity contribution in [2.24, 2.45) is 40.4 Å². The predicted octanol–water partition coefficient (Wildman–Crippen LogP) is 0.356. The van der Waals surface area contributed by atoms with Crippen LogP contribution in [0.1, 0.15) is 113 Å². The molecule has 0 aromatic rings. The summed E-state index contributed by atoms with van der Waals surface area (Å²) in [5.74, 6) is -3.58. The second kappa shape index (κ2) is 19.0. The minimum absolute atomic E-state index is 0.00500. The van der Waals surface area contributed by atoms with Gasteiger partial charge >= 0.3 is 10.4 Å². The van der Waals surface area contributed by atoms with E-state index >= 15 is 0 Å². The Hall–Kier alpha value is -1.32. The number of fused-ring (bicyclic) bond motifs is 5. The van der Waals surface area contributed by atoms with Crippen LogP contribution >= 0.6 is 0 Å². The fraction of sp³-hybridized carbons (Fsp3) is 0.933. The van der Waals surface area contributed by atoms with Gasteiger partial charge in [0.2, 0.25) is 5.79 Å². The summed E-state index contributed by atoms with van der Waals surface area (Å²) < 4.78 is 75.0. The standard InChI is InChI=1S/C45H74O20S/c1-19(2)15-23(46)18-44(8,53)30-10-9-26-25-17-29(28-16-24(65-66(56,57)58)11-13-42(28,6)27(25)12-14-43(26,30)7)62-40-36(52)38(45(54,55)22(5)61-40)64-41-37(34(50)32(48)21(4)60-41)63-39-35(51)33(49)31(47)20(3)59-39/h12,19-22,24-26,28-41,47-55H,9-11,13-18H2,1-8H3,(H,56,57,58)/t20-,21+,22+,24+,25+,26+,28-,29+,30+,31-,32+,33+,34-,35-,36-,37+,38-,39-,40+,41+,42-,43+,44+/m1/s1. The van der Waals surface area contributed by atoms with Gasteiger partial charge in [-0.05, 0) is 113 Å². The zero-order valence-corrected chi connectivity index (χ0v) is 39.8. The van der Waals surface area contributed by atoms with Crippen molar-refractivity contribution in [2.45, 2.75) is 223 Å². The van der Waals surface area contributed by atoms with E-state index in [1.54, 1.807) is 6.92 Å². The van der Waals surface area contributed by atoms with Gasteiger partial charge in [0, 0.05) is 12.8 Å². The Morgan fingerprint density at radius 2 is 1.44 bits per heavy atom. The molecule has 0 spiro atoms. The van der Waals surface area contributed by atoms with E-state index in [-0.39, 0.29) is 42.3 Å². The highest BCUT2D eigenvalue weighted by Crippen LogP contribution is 2.67. The van der Waals surface area contributed by atoms with Crippen LogP contribution in [0.3, 0.4) is 0 Å². The Kier molecular flexibility index (Phi) is 15.1. The molecule has 0 radical (unpaired) electrons. The van der Waals surface area contributed by atoms with Gasteiger partial charge < -0.3 is 74.4 Å². The highest BCUT2D eigenvalue weighted by Gasteiger charge is 2.64. The molecule has 380 valence electrons. The molecule has 0 bridgehead atoms.